The minimum atomic E-state index is -0.0523. The molecule has 4 saturated carbocycles. The van der Waals surface area contributed by atoms with Gasteiger partial charge >= 0.3 is 0 Å². The van der Waals surface area contributed by atoms with E-state index >= 15 is 0 Å². The molecule has 5 nitrogen and oxygen atoms in total. The van der Waals surface area contributed by atoms with Gasteiger partial charge in [0.2, 0.25) is 5.91 Å². The fraction of sp³-hybridized carbons (Fsp3) is 0.382. The molecule has 0 spiro atoms. The van der Waals surface area contributed by atoms with Crippen molar-refractivity contribution in [1.29, 1.82) is 0 Å². The zero-order valence-electron chi connectivity index (χ0n) is 22.5. The predicted molar refractivity (Wildman–Crippen MR) is 155 cm³/mol. The number of nitrogens with one attached hydrogen (secondary N) is 1. The van der Waals surface area contributed by atoms with Crippen molar-refractivity contribution in [2.24, 2.45) is 23.2 Å². The Morgan fingerprint density at radius 3 is 2.31 bits per heavy atom. The van der Waals surface area contributed by atoms with E-state index in [0.717, 1.165) is 57.8 Å². The lowest BCUT2D eigenvalue weighted by Crippen LogP contribution is -2.47. The maximum atomic E-state index is 13.3. The number of methoxy groups -OCH3 is 1. The van der Waals surface area contributed by atoms with Gasteiger partial charge in [0, 0.05) is 5.56 Å². The Labute approximate surface area is 230 Å². The molecule has 4 aromatic rings. The Kier molecular flexibility index (Phi) is 6.10. The lowest BCUT2D eigenvalue weighted by atomic mass is 9.48. The maximum absolute atomic E-state index is 13.3. The number of amides is 1. The Morgan fingerprint density at radius 2 is 1.62 bits per heavy atom. The normalized spacial score (nSPS) is 25.1. The first-order chi connectivity index (χ1) is 19.0. The molecule has 1 aromatic heterocycles. The summed E-state index contributed by atoms with van der Waals surface area (Å²) in [5, 5.41) is 5.48. The van der Waals surface area contributed by atoms with Crippen LogP contribution in [0.5, 0.6) is 5.75 Å². The summed E-state index contributed by atoms with van der Waals surface area (Å²) in [6, 6.07) is 22.4. The molecule has 0 unspecified atom stereocenters. The Hall–Kier alpha value is -3.73. The second kappa shape index (κ2) is 9.78. The minimum absolute atomic E-state index is 0.0523. The average molecular weight is 518 g/mol. The SMILES string of the molecule is COc1ccc(-c2cnc(NC(=O)Cc3ccc4ccccc4c3)c(CC34CC5CC(CC(C5)C3)C4)n2)cc1. The van der Waals surface area contributed by atoms with Crippen LogP contribution in [0.3, 0.4) is 0 Å². The number of ether oxygens (including phenoxy) is 1. The molecule has 1 N–H and O–H groups in total. The molecule has 0 atom stereocenters. The van der Waals surface area contributed by atoms with Crippen molar-refractivity contribution in [3.8, 4) is 17.0 Å². The van der Waals surface area contributed by atoms with Crippen molar-refractivity contribution in [3.05, 3.63) is 84.2 Å². The summed E-state index contributed by atoms with van der Waals surface area (Å²) in [4.78, 5) is 23.2. The quantitative estimate of drug-likeness (QED) is 0.281. The molecule has 0 radical (unpaired) electrons. The Morgan fingerprint density at radius 1 is 0.923 bits per heavy atom. The molecule has 4 bridgehead atoms. The zero-order chi connectivity index (χ0) is 26.4. The van der Waals surface area contributed by atoms with Gasteiger partial charge in [-0.3, -0.25) is 4.79 Å². The van der Waals surface area contributed by atoms with Crippen LogP contribution >= 0.6 is 0 Å². The van der Waals surface area contributed by atoms with Gasteiger partial charge in [0.1, 0.15) is 5.75 Å². The van der Waals surface area contributed by atoms with Crippen molar-refractivity contribution < 1.29 is 9.53 Å². The van der Waals surface area contributed by atoms with E-state index in [0.29, 0.717) is 17.7 Å². The van der Waals surface area contributed by atoms with Crippen LogP contribution in [0.4, 0.5) is 5.82 Å². The summed E-state index contributed by atoms with van der Waals surface area (Å²) in [5.41, 5.74) is 4.06. The first kappa shape index (κ1) is 24.3. The number of hydrogen-bond acceptors (Lipinski definition) is 4. The van der Waals surface area contributed by atoms with Crippen LogP contribution in [0.25, 0.3) is 22.0 Å². The topological polar surface area (TPSA) is 64.1 Å². The second-order valence-electron chi connectivity index (χ2n) is 12.3. The van der Waals surface area contributed by atoms with Crippen LogP contribution in [0.15, 0.2) is 72.9 Å². The van der Waals surface area contributed by atoms with Gasteiger partial charge in [0.25, 0.3) is 0 Å². The molecular formula is C34H35N3O2. The van der Waals surface area contributed by atoms with E-state index in [2.05, 4.69) is 29.6 Å². The fourth-order valence-electron chi connectivity index (χ4n) is 8.13. The van der Waals surface area contributed by atoms with Crippen molar-refractivity contribution in [2.45, 2.75) is 51.4 Å². The number of rotatable bonds is 7. The van der Waals surface area contributed by atoms with Crippen LogP contribution in [0.1, 0.15) is 49.8 Å². The van der Waals surface area contributed by atoms with Gasteiger partial charge in [-0.2, -0.15) is 0 Å². The van der Waals surface area contributed by atoms with Crippen LogP contribution in [-0.2, 0) is 17.6 Å². The van der Waals surface area contributed by atoms with Gasteiger partial charge in [-0.15, -0.1) is 0 Å². The molecule has 4 aliphatic carbocycles. The molecule has 1 amide bonds. The molecular weight excluding hydrogens is 482 g/mol. The Bertz CT molecular complexity index is 1490. The number of aromatic nitrogens is 2. The first-order valence-corrected chi connectivity index (χ1v) is 14.3. The smallest absolute Gasteiger partial charge is 0.229 e. The van der Waals surface area contributed by atoms with Crippen LogP contribution in [0, 0.1) is 23.2 Å². The molecule has 1 heterocycles. The lowest BCUT2D eigenvalue weighted by molar-refractivity contribution is -0.115. The van der Waals surface area contributed by atoms with Crippen LogP contribution in [0.2, 0.25) is 0 Å². The molecule has 5 heteroatoms. The van der Waals surface area contributed by atoms with Crippen molar-refractivity contribution in [1.82, 2.24) is 9.97 Å². The first-order valence-electron chi connectivity index (χ1n) is 14.3. The van der Waals surface area contributed by atoms with Gasteiger partial charge in [-0.1, -0.05) is 42.5 Å². The van der Waals surface area contributed by atoms with Crippen molar-refractivity contribution in [3.63, 3.8) is 0 Å². The summed E-state index contributed by atoms with van der Waals surface area (Å²) in [7, 11) is 1.67. The predicted octanol–water partition coefficient (Wildman–Crippen LogP) is 7.25. The molecule has 4 fully saturated rings. The summed E-state index contributed by atoms with van der Waals surface area (Å²) in [5.74, 6) is 3.97. The molecule has 39 heavy (non-hydrogen) atoms. The molecule has 0 aliphatic heterocycles. The van der Waals surface area contributed by atoms with E-state index in [9.17, 15) is 4.79 Å². The number of carbonyl (C=O) groups excluding carboxylic acids is 1. The number of fused-ring (bicyclic) bond motifs is 1. The highest BCUT2D eigenvalue weighted by Crippen LogP contribution is 2.61. The third-order valence-electron chi connectivity index (χ3n) is 9.37. The van der Waals surface area contributed by atoms with Gasteiger partial charge in [0.15, 0.2) is 5.82 Å². The second-order valence-corrected chi connectivity index (χ2v) is 12.3. The monoisotopic (exact) mass is 517 g/mol. The highest BCUT2D eigenvalue weighted by molar-refractivity contribution is 5.93. The van der Waals surface area contributed by atoms with Crippen molar-refractivity contribution >= 4 is 22.5 Å². The highest BCUT2D eigenvalue weighted by atomic mass is 16.5. The average Bonchev–Trinajstić information content (AvgIpc) is 2.93. The summed E-state index contributed by atoms with van der Waals surface area (Å²) in [6.07, 6.45) is 11.1. The standard InChI is InChI=1S/C34H35N3O2/c1-39-29-10-8-27(9-11-29)31-21-35-33(37-32(38)16-22-6-7-26-4-2-3-5-28(26)15-22)30(36-31)20-34-17-23-12-24(18-34)14-25(13-23)19-34/h2-11,15,21,23-25H,12-14,16-20H2,1H3,(H,35,37,38). The van der Waals surface area contributed by atoms with E-state index in [1.165, 1.54) is 43.9 Å². The highest BCUT2D eigenvalue weighted by Gasteiger charge is 2.51. The Balaban J connectivity index is 1.17. The van der Waals surface area contributed by atoms with Gasteiger partial charge in [-0.25, -0.2) is 9.97 Å². The third-order valence-corrected chi connectivity index (χ3v) is 9.37. The van der Waals surface area contributed by atoms with E-state index in [-0.39, 0.29) is 5.91 Å². The fourth-order valence-corrected chi connectivity index (χ4v) is 8.13. The van der Waals surface area contributed by atoms with Crippen LogP contribution in [-0.4, -0.2) is 23.0 Å². The number of nitrogens with zero attached hydrogens (tertiary/aromatic N) is 2. The van der Waals surface area contributed by atoms with Gasteiger partial charge < -0.3 is 10.1 Å². The molecule has 198 valence electrons. The number of hydrogen-bond donors (Lipinski definition) is 1. The number of anilines is 1. The van der Waals surface area contributed by atoms with E-state index < -0.39 is 0 Å². The molecule has 0 saturated heterocycles. The van der Waals surface area contributed by atoms with E-state index in [1.54, 1.807) is 13.3 Å². The largest absolute Gasteiger partial charge is 0.497 e. The van der Waals surface area contributed by atoms with E-state index in [4.69, 9.17) is 14.7 Å². The molecule has 3 aromatic carbocycles. The maximum Gasteiger partial charge on any atom is 0.229 e. The van der Waals surface area contributed by atoms with Crippen molar-refractivity contribution in [2.75, 3.05) is 12.4 Å². The summed E-state index contributed by atoms with van der Waals surface area (Å²) in [6.45, 7) is 0. The summed E-state index contributed by atoms with van der Waals surface area (Å²) >= 11 is 0. The third kappa shape index (κ3) is 4.91. The van der Waals surface area contributed by atoms with Crippen LogP contribution < -0.4 is 10.1 Å². The molecule has 8 rings (SSSR count). The summed E-state index contributed by atoms with van der Waals surface area (Å²) < 4.78 is 5.34. The lowest BCUT2D eigenvalue weighted by Gasteiger charge is -2.57. The number of carbonyl (C=O) groups is 1. The number of benzene rings is 3. The van der Waals surface area contributed by atoms with Gasteiger partial charge in [0.05, 0.1) is 31.1 Å². The van der Waals surface area contributed by atoms with E-state index in [1.807, 2.05) is 42.5 Å². The minimum Gasteiger partial charge on any atom is -0.497 e. The molecule has 4 aliphatic rings. The van der Waals surface area contributed by atoms with Gasteiger partial charge in [-0.05, 0) is 109 Å². The zero-order valence-corrected chi connectivity index (χ0v) is 22.5.